The van der Waals surface area contributed by atoms with Crippen molar-refractivity contribution in [2.24, 2.45) is 10.9 Å². The lowest BCUT2D eigenvalue weighted by Crippen LogP contribution is -2.38. The van der Waals surface area contributed by atoms with Gasteiger partial charge < -0.3 is 15.8 Å². The van der Waals surface area contributed by atoms with Crippen LogP contribution in [-0.2, 0) is 0 Å². The molecule has 2 aliphatic heterocycles. The number of aromatic nitrogens is 1. The van der Waals surface area contributed by atoms with Gasteiger partial charge in [0.25, 0.3) is 0 Å². The van der Waals surface area contributed by atoms with Crippen molar-refractivity contribution in [3.05, 3.63) is 23.4 Å². The van der Waals surface area contributed by atoms with Crippen molar-refractivity contribution in [1.82, 2.24) is 9.88 Å². The second kappa shape index (κ2) is 5.89. The van der Waals surface area contributed by atoms with E-state index in [0.717, 1.165) is 43.0 Å². The summed E-state index contributed by atoms with van der Waals surface area (Å²) in [6.07, 6.45) is 5.46. The first-order valence-corrected chi connectivity index (χ1v) is 7.63. The summed E-state index contributed by atoms with van der Waals surface area (Å²) >= 11 is 0. The Morgan fingerprint density at radius 2 is 2.19 bits per heavy atom. The van der Waals surface area contributed by atoms with Gasteiger partial charge in [-0.2, -0.15) is 0 Å². The highest BCUT2D eigenvalue weighted by Crippen LogP contribution is 2.27. The third-order valence-electron chi connectivity index (χ3n) is 4.61. The van der Waals surface area contributed by atoms with Crippen molar-refractivity contribution in [1.29, 1.82) is 0 Å². The number of oxime groups is 1. The lowest BCUT2D eigenvalue weighted by atomic mass is 10.1. The summed E-state index contributed by atoms with van der Waals surface area (Å²) in [5, 5.41) is 12.2. The molecule has 21 heavy (non-hydrogen) atoms. The fourth-order valence-corrected chi connectivity index (χ4v) is 3.55. The Morgan fingerprint density at radius 1 is 1.38 bits per heavy atom. The first-order chi connectivity index (χ1) is 10.2. The van der Waals surface area contributed by atoms with Gasteiger partial charge in [-0.15, -0.1) is 0 Å². The molecule has 1 aromatic heterocycles. The lowest BCUT2D eigenvalue weighted by molar-refractivity contribution is 0.273. The second-order valence-electron chi connectivity index (χ2n) is 5.94. The number of nitrogens with zero attached hydrogens (tertiary/aromatic N) is 4. The van der Waals surface area contributed by atoms with Crippen molar-refractivity contribution >= 4 is 11.7 Å². The van der Waals surface area contributed by atoms with Gasteiger partial charge in [0.1, 0.15) is 5.82 Å². The van der Waals surface area contributed by atoms with Crippen LogP contribution in [0.4, 0.5) is 5.82 Å². The molecule has 3 N–H and O–H groups in total. The van der Waals surface area contributed by atoms with Gasteiger partial charge in [-0.05, 0) is 44.4 Å². The van der Waals surface area contributed by atoms with Crippen LogP contribution in [0.25, 0.3) is 0 Å². The Morgan fingerprint density at radius 3 is 3.00 bits per heavy atom. The van der Waals surface area contributed by atoms with E-state index in [-0.39, 0.29) is 5.84 Å². The Kier molecular flexibility index (Phi) is 3.96. The van der Waals surface area contributed by atoms with Crippen LogP contribution in [0.1, 0.15) is 30.4 Å². The van der Waals surface area contributed by atoms with Gasteiger partial charge in [0, 0.05) is 31.9 Å². The van der Waals surface area contributed by atoms with E-state index in [1.165, 1.54) is 19.4 Å². The van der Waals surface area contributed by atoms with Crippen LogP contribution in [0.15, 0.2) is 17.4 Å². The quantitative estimate of drug-likeness (QED) is 0.370. The predicted octanol–water partition coefficient (Wildman–Crippen LogP) is 1.16. The highest BCUT2D eigenvalue weighted by atomic mass is 16.4. The number of nitrogens with two attached hydrogens (primary N) is 1. The summed E-state index contributed by atoms with van der Waals surface area (Å²) in [5.74, 6) is 0.988. The molecule has 0 aliphatic carbocycles. The largest absolute Gasteiger partial charge is 0.409 e. The normalized spacial score (nSPS) is 24.0. The molecule has 3 heterocycles. The smallest absolute Gasteiger partial charge is 0.174 e. The minimum atomic E-state index is 0.142. The van der Waals surface area contributed by atoms with Crippen molar-refractivity contribution in [2.45, 2.75) is 32.2 Å². The highest BCUT2D eigenvalue weighted by molar-refractivity contribution is 6.02. The first-order valence-electron chi connectivity index (χ1n) is 7.63. The van der Waals surface area contributed by atoms with E-state index in [2.05, 4.69) is 19.9 Å². The number of hydrogen-bond donors (Lipinski definition) is 2. The van der Waals surface area contributed by atoms with E-state index in [0.29, 0.717) is 6.04 Å². The molecule has 6 heteroatoms. The minimum Gasteiger partial charge on any atom is -0.409 e. The van der Waals surface area contributed by atoms with Crippen LogP contribution in [0, 0.1) is 6.92 Å². The van der Waals surface area contributed by atoms with Gasteiger partial charge in [0.05, 0.1) is 5.56 Å². The molecule has 0 amide bonds. The first kappa shape index (κ1) is 14.1. The maximum absolute atomic E-state index is 9.05. The number of aryl methyl sites for hydroxylation is 1. The maximum Gasteiger partial charge on any atom is 0.174 e. The van der Waals surface area contributed by atoms with Crippen LogP contribution in [-0.4, -0.2) is 53.1 Å². The summed E-state index contributed by atoms with van der Waals surface area (Å²) in [6.45, 7) is 6.29. The van der Waals surface area contributed by atoms with Gasteiger partial charge in [0.2, 0.25) is 0 Å². The van der Waals surface area contributed by atoms with Gasteiger partial charge in [-0.1, -0.05) is 5.16 Å². The fraction of sp³-hybridized carbons (Fsp3) is 0.600. The van der Waals surface area contributed by atoms with Crippen molar-refractivity contribution in [3.63, 3.8) is 0 Å². The number of hydrogen-bond acceptors (Lipinski definition) is 5. The highest BCUT2D eigenvalue weighted by Gasteiger charge is 2.30. The molecular weight excluding hydrogens is 266 g/mol. The van der Waals surface area contributed by atoms with Gasteiger partial charge in [-0.3, -0.25) is 4.90 Å². The maximum atomic E-state index is 9.05. The van der Waals surface area contributed by atoms with Crippen LogP contribution < -0.4 is 10.6 Å². The van der Waals surface area contributed by atoms with E-state index in [1.807, 2.05) is 13.0 Å². The lowest BCUT2D eigenvalue weighted by Gasteiger charge is -2.28. The zero-order valence-electron chi connectivity index (χ0n) is 12.5. The molecule has 114 valence electrons. The number of rotatable bonds is 2. The average molecular weight is 289 g/mol. The molecule has 2 aliphatic rings. The molecular formula is C15H23N5O. The standard InChI is InChI=1S/C15H23N5O/c1-11-5-6-17-15(13(11)14(16)18-21)20-9-3-8-19-7-2-4-12(19)10-20/h5-6,12,21H,2-4,7-10H2,1H3,(H2,16,18). The summed E-state index contributed by atoms with van der Waals surface area (Å²) < 4.78 is 0. The number of amidine groups is 1. The second-order valence-corrected chi connectivity index (χ2v) is 5.94. The van der Waals surface area contributed by atoms with Crippen molar-refractivity contribution < 1.29 is 5.21 Å². The number of pyridine rings is 1. The Labute approximate surface area is 125 Å². The number of fused-ring (bicyclic) bond motifs is 1. The number of anilines is 1. The molecule has 6 nitrogen and oxygen atoms in total. The molecule has 3 rings (SSSR count). The van der Waals surface area contributed by atoms with Crippen molar-refractivity contribution in [2.75, 3.05) is 31.1 Å². The Bertz CT molecular complexity index is 545. The molecule has 0 saturated carbocycles. The topological polar surface area (TPSA) is 78.0 Å². The predicted molar refractivity (Wildman–Crippen MR) is 82.9 cm³/mol. The Balaban J connectivity index is 1.94. The van der Waals surface area contributed by atoms with E-state index >= 15 is 0 Å². The fourth-order valence-electron chi connectivity index (χ4n) is 3.55. The monoisotopic (exact) mass is 289 g/mol. The summed E-state index contributed by atoms with van der Waals surface area (Å²) in [5.41, 5.74) is 7.62. The summed E-state index contributed by atoms with van der Waals surface area (Å²) in [4.78, 5) is 9.41. The SMILES string of the molecule is Cc1ccnc(N2CCCN3CCCC3C2)c1/C(N)=N/O. The zero-order valence-corrected chi connectivity index (χ0v) is 12.5. The molecule has 0 radical (unpaired) electrons. The third-order valence-corrected chi connectivity index (χ3v) is 4.61. The van der Waals surface area contributed by atoms with E-state index in [4.69, 9.17) is 10.9 Å². The molecule has 0 bridgehead atoms. The van der Waals surface area contributed by atoms with Gasteiger partial charge in [0.15, 0.2) is 5.84 Å². The molecule has 2 saturated heterocycles. The minimum absolute atomic E-state index is 0.142. The van der Waals surface area contributed by atoms with Crippen molar-refractivity contribution in [3.8, 4) is 0 Å². The van der Waals surface area contributed by atoms with Gasteiger partial charge in [-0.25, -0.2) is 4.98 Å². The molecule has 1 atom stereocenters. The molecule has 0 aromatic carbocycles. The van der Waals surface area contributed by atoms with E-state index < -0.39 is 0 Å². The van der Waals surface area contributed by atoms with Gasteiger partial charge >= 0.3 is 0 Å². The van der Waals surface area contributed by atoms with Crippen LogP contribution in [0.2, 0.25) is 0 Å². The van der Waals surface area contributed by atoms with E-state index in [1.54, 1.807) is 6.20 Å². The van der Waals surface area contributed by atoms with Crippen LogP contribution in [0.3, 0.4) is 0 Å². The average Bonchev–Trinajstić information content (AvgIpc) is 2.83. The molecule has 2 fully saturated rings. The summed E-state index contributed by atoms with van der Waals surface area (Å²) in [6, 6.07) is 2.51. The zero-order chi connectivity index (χ0) is 14.8. The van der Waals surface area contributed by atoms with Crippen LogP contribution in [0.5, 0.6) is 0 Å². The molecule has 1 unspecified atom stereocenters. The molecule has 0 spiro atoms. The molecule has 1 aromatic rings. The van der Waals surface area contributed by atoms with E-state index in [9.17, 15) is 0 Å². The summed E-state index contributed by atoms with van der Waals surface area (Å²) in [7, 11) is 0. The third kappa shape index (κ3) is 2.68. The van der Waals surface area contributed by atoms with Crippen LogP contribution >= 0.6 is 0 Å². The Hall–Kier alpha value is -1.82.